The molecule has 0 saturated heterocycles. The zero-order valence-corrected chi connectivity index (χ0v) is 12.3. The largest absolute Gasteiger partial charge is 0.293 e. The Labute approximate surface area is 119 Å². The maximum atomic E-state index is 12.2. The fraction of sp³-hybridized carbons (Fsp3) is 0.188. The summed E-state index contributed by atoms with van der Waals surface area (Å²) in [5.41, 5.74) is 2.22. The van der Waals surface area contributed by atoms with Crippen LogP contribution in [0.1, 0.15) is 21.5 Å². The number of rotatable bonds is 4. The van der Waals surface area contributed by atoms with Crippen LogP contribution in [0.5, 0.6) is 0 Å². The minimum atomic E-state index is -3.59. The second-order valence-electron chi connectivity index (χ2n) is 4.87. The first kappa shape index (κ1) is 14.5. The molecule has 4 heteroatoms. The lowest BCUT2D eigenvalue weighted by Gasteiger charge is -2.05. The summed E-state index contributed by atoms with van der Waals surface area (Å²) in [6.07, 6.45) is 0. The average molecular weight is 288 g/mol. The predicted molar refractivity (Wildman–Crippen MR) is 78.7 cm³/mol. The molecular weight excluding hydrogens is 272 g/mol. The number of ketones is 1. The highest BCUT2D eigenvalue weighted by molar-refractivity contribution is 7.92. The minimum absolute atomic E-state index is 0.193. The Balaban J connectivity index is 2.27. The summed E-state index contributed by atoms with van der Waals surface area (Å²) in [5.74, 6) is -0.880. The van der Waals surface area contributed by atoms with Crippen molar-refractivity contribution in [1.29, 1.82) is 0 Å². The summed E-state index contributed by atoms with van der Waals surface area (Å²) < 4.78 is 24.5. The minimum Gasteiger partial charge on any atom is -0.293 e. The van der Waals surface area contributed by atoms with Crippen LogP contribution >= 0.6 is 0 Å². The maximum absolute atomic E-state index is 12.2. The Morgan fingerprint density at radius 3 is 2.15 bits per heavy atom. The summed E-state index contributed by atoms with van der Waals surface area (Å²) in [7, 11) is -3.59. The van der Waals surface area contributed by atoms with Crippen LogP contribution in [0.15, 0.2) is 53.4 Å². The van der Waals surface area contributed by atoms with Crippen LogP contribution < -0.4 is 0 Å². The molecule has 3 nitrogen and oxygen atoms in total. The lowest BCUT2D eigenvalue weighted by atomic mass is 10.1. The summed E-state index contributed by atoms with van der Waals surface area (Å²) in [4.78, 5) is 12.3. The Morgan fingerprint density at radius 1 is 0.950 bits per heavy atom. The van der Waals surface area contributed by atoms with Gasteiger partial charge in [-0.1, -0.05) is 35.9 Å². The summed E-state index contributed by atoms with van der Waals surface area (Å²) in [6.45, 7) is 3.69. The summed E-state index contributed by atoms with van der Waals surface area (Å²) >= 11 is 0. The lowest BCUT2D eigenvalue weighted by molar-refractivity contribution is 0.102. The molecule has 0 N–H and O–H groups in total. The van der Waals surface area contributed by atoms with E-state index in [1.165, 1.54) is 6.07 Å². The Bertz CT molecular complexity index is 746. The molecule has 0 aliphatic rings. The van der Waals surface area contributed by atoms with Crippen molar-refractivity contribution in [3.63, 3.8) is 0 Å². The van der Waals surface area contributed by atoms with Gasteiger partial charge in [0.15, 0.2) is 15.6 Å². The number of Topliss-reactive ketones (excluding diaryl/α,β-unsaturated/α-hetero) is 1. The molecule has 2 aromatic rings. The highest BCUT2D eigenvalue weighted by atomic mass is 32.2. The molecule has 0 radical (unpaired) electrons. The van der Waals surface area contributed by atoms with Crippen molar-refractivity contribution in [3.05, 3.63) is 65.2 Å². The quantitative estimate of drug-likeness (QED) is 0.813. The fourth-order valence-corrected chi connectivity index (χ4v) is 3.30. The highest BCUT2D eigenvalue weighted by Gasteiger charge is 2.20. The van der Waals surface area contributed by atoms with Gasteiger partial charge >= 0.3 is 0 Å². The van der Waals surface area contributed by atoms with E-state index in [4.69, 9.17) is 0 Å². The van der Waals surface area contributed by atoms with E-state index >= 15 is 0 Å². The van der Waals surface area contributed by atoms with Crippen molar-refractivity contribution in [2.75, 3.05) is 5.75 Å². The average Bonchev–Trinajstić information content (AvgIpc) is 2.38. The van der Waals surface area contributed by atoms with Crippen molar-refractivity contribution >= 4 is 15.6 Å². The third-order valence-corrected chi connectivity index (χ3v) is 4.62. The van der Waals surface area contributed by atoms with Crippen molar-refractivity contribution in [2.24, 2.45) is 0 Å². The van der Waals surface area contributed by atoms with Crippen LogP contribution in [0.4, 0.5) is 0 Å². The Kier molecular flexibility index (Phi) is 4.04. The van der Waals surface area contributed by atoms with Gasteiger partial charge in [-0.15, -0.1) is 0 Å². The molecule has 0 saturated carbocycles. The molecule has 0 aliphatic carbocycles. The third kappa shape index (κ3) is 3.33. The molecule has 0 heterocycles. The van der Waals surface area contributed by atoms with Crippen LogP contribution in [0.25, 0.3) is 0 Å². The molecule has 0 fully saturated rings. The molecule has 0 aromatic heterocycles. The third-order valence-electron chi connectivity index (χ3n) is 3.01. The van der Waals surface area contributed by atoms with Crippen molar-refractivity contribution < 1.29 is 13.2 Å². The Hall–Kier alpha value is -1.94. The van der Waals surface area contributed by atoms with E-state index in [9.17, 15) is 13.2 Å². The van der Waals surface area contributed by atoms with Gasteiger partial charge in [-0.2, -0.15) is 0 Å². The molecule has 0 aliphatic heterocycles. The van der Waals surface area contributed by atoms with Gasteiger partial charge in [-0.25, -0.2) is 8.42 Å². The molecule has 0 spiro atoms. The monoisotopic (exact) mass is 288 g/mol. The van der Waals surface area contributed by atoms with Crippen LogP contribution in [0, 0.1) is 13.8 Å². The normalized spacial score (nSPS) is 11.3. The van der Waals surface area contributed by atoms with E-state index < -0.39 is 15.6 Å². The van der Waals surface area contributed by atoms with E-state index in [-0.39, 0.29) is 10.7 Å². The zero-order chi connectivity index (χ0) is 14.8. The first-order valence-corrected chi connectivity index (χ1v) is 7.93. The first-order valence-electron chi connectivity index (χ1n) is 6.28. The van der Waals surface area contributed by atoms with Gasteiger partial charge < -0.3 is 0 Å². The number of sulfone groups is 1. The molecule has 0 unspecified atom stereocenters. The summed E-state index contributed by atoms with van der Waals surface area (Å²) in [6, 6.07) is 13.6. The number of benzene rings is 2. The highest BCUT2D eigenvalue weighted by Crippen LogP contribution is 2.15. The molecular formula is C16H16O3S. The van der Waals surface area contributed by atoms with Gasteiger partial charge in [0.2, 0.25) is 0 Å². The SMILES string of the molecule is Cc1cccc(C(=O)CS(=O)(=O)c2cccc(C)c2)c1. The zero-order valence-electron chi connectivity index (χ0n) is 11.5. The van der Waals surface area contributed by atoms with E-state index in [0.717, 1.165) is 11.1 Å². The lowest BCUT2D eigenvalue weighted by Crippen LogP contribution is -2.16. The van der Waals surface area contributed by atoms with Gasteiger partial charge in [-0.05, 0) is 37.6 Å². The van der Waals surface area contributed by atoms with Crippen molar-refractivity contribution in [2.45, 2.75) is 18.7 Å². The van der Waals surface area contributed by atoms with Gasteiger partial charge in [0.25, 0.3) is 0 Å². The summed E-state index contributed by atoms with van der Waals surface area (Å²) in [5, 5.41) is 0. The van der Waals surface area contributed by atoms with Crippen molar-refractivity contribution in [3.8, 4) is 0 Å². The van der Waals surface area contributed by atoms with Crippen LogP contribution in [0.3, 0.4) is 0 Å². The molecule has 20 heavy (non-hydrogen) atoms. The van der Waals surface area contributed by atoms with E-state index in [1.54, 1.807) is 30.3 Å². The molecule has 0 atom stereocenters. The van der Waals surface area contributed by atoms with Gasteiger partial charge in [0, 0.05) is 5.56 Å². The molecule has 0 bridgehead atoms. The topological polar surface area (TPSA) is 51.2 Å². The first-order chi connectivity index (χ1) is 9.38. The standard InChI is InChI=1S/C16H16O3S/c1-12-5-3-7-14(9-12)16(17)11-20(18,19)15-8-4-6-13(2)10-15/h3-10H,11H2,1-2H3. The second-order valence-corrected chi connectivity index (χ2v) is 6.86. The van der Waals surface area contributed by atoms with E-state index in [2.05, 4.69) is 0 Å². The number of hydrogen-bond donors (Lipinski definition) is 0. The molecule has 104 valence electrons. The number of aryl methyl sites for hydroxylation is 2. The maximum Gasteiger partial charge on any atom is 0.185 e. The van der Waals surface area contributed by atoms with Gasteiger partial charge in [-0.3, -0.25) is 4.79 Å². The van der Waals surface area contributed by atoms with Gasteiger partial charge in [0.1, 0.15) is 5.75 Å². The van der Waals surface area contributed by atoms with Crippen molar-refractivity contribution in [1.82, 2.24) is 0 Å². The smallest absolute Gasteiger partial charge is 0.185 e. The number of carbonyl (C=O) groups is 1. The van der Waals surface area contributed by atoms with Crippen LogP contribution in [-0.4, -0.2) is 20.0 Å². The van der Waals surface area contributed by atoms with Crippen LogP contribution in [0.2, 0.25) is 0 Å². The van der Waals surface area contributed by atoms with E-state index in [0.29, 0.717) is 5.56 Å². The fourth-order valence-electron chi connectivity index (χ4n) is 1.97. The number of carbonyl (C=O) groups excluding carboxylic acids is 1. The van der Waals surface area contributed by atoms with Crippen LogP contribution in [-0.2, 0) is 9.84 Å². The molecule has 0 amide bonds. The molecule has 2 aromatic carbocycles. The van der Waals surface area contributed by atoms with E-state index in [1.807, 2.05) is 26.0 Å². The predicted octanol–water partition coefficient (Wildman–Crippen LogP) is 2.96. The number of hydrogen-bond acceptors (Lipinski definition) is 3. The Morgan fingerprint density at radius 2 is 1.55 bits per heavy atom. The van der Waals surface area contributed by atoms with Gasteiger partial charge in [0.05, 0.1) is 4.90 Å². The molecule has 2 rings (SSSR count). The second kappa shape index (κ2) is 5.59.